The summed E-state index contributed by atoms with van der Waals surface area (Å²) in [5, 5.41) is 0. The summed E-state index contributed by atoms with van der Waals surface area (Å²) >= 11 is -1.75. The first-order valence-corrected chi connectivity index (χ1v) is 35.0. The second-order valence-corrected chi connectivity index (χ2v) is 33.7. The number of rotatable bonds is 27. The van der Waals surface area contributed by atoms with E-state index in [1.54, 1.807) is 40.2 Å². The quantitative estimate of drug-likeness (QED) is 0.0606. The molecule has 0 saturated heterocycles. The zero-order chi connectivity index (χ0) is 34.3. The van der Waals surface area contributed by atoms with E-state index >= 15 is 0 Å². The Hall–Kier alpha value is 2.48. The number of hydrogen-bond donors (Lipinski definition) is 0. The van der Waals surface area contributed by atoms with Gasteiger partial charge in [-0.25, -0.2) is 0 Å². The van der Waals surface area contributed by atoms with Gasteiger partial charge in [0.1, 0.15) is 0 Å². The molecule has 44 heavy (non-hydrogen) atoms. The molecule has 0 fully saturated rings. The predicted molar refractivity (Wildman–Crippen MR) is 202 cm³/mol. The minimum Gasteiger partial charge on any atom is -0.822 e. The van der Waals surface area contributed by atoms with Gasteiger partial charge in [-0.05, 0) is 0 Å². The molecule has 0 aromatic heterocycles. The van der Waals surface area contributed by atoms with Gasteiger partial charge >= 0.3 is 277 Å². The minimum atomic E-state index is -5.39. The Labute approximate surface area is 301 Å². The molecule has 0 heterocycles. The summed E-state index contributed by atoms with van der Waals surface area (Å²) in [6.07, 6.45) is 26.4. The second kappa shape index (κ2) is 45.5. The Balaban J connectivity index is -0.000000253. The standard InChI is InChI=1S/3C12H27Te.H3O4P/c3*1-4-7-10-13(11-8-5-2)12-9-6-3;1-5(2,3)4/h3*4-12H2,1-3H3;(H3,1,2,3,4)/q3*+1;/p-3. The first-order valence-electron chi connectivity index (χ1n) is 18.7. The Morgan fingerprint density at radius 1 is 0.318 bits per heavy atom. The van der Waals surface area contributed by atoms with Crippen LogP contribution < -0.4 is 14.7 Å². The van der Waals surface area contributed by atoms with Crippen LogP contribution in [0.3, 0.4) is 0 Å². The Kier molecular flexibility index (Phi) is 55.1. The molecule has 0 atom stereocenters. The van der Waals surface area contributed by atoms with Crippen molar-refractivity contribution in [3.8, 4) is 0 Å². The molecule has 0 aliphatic carbocycles. The number of unbranched alkanes of at least 4 members (excludes halogenated alkanes) is 9. The third kappa shape index (κ3) is 56.8. The molecule has 0 saturated carbocycles. The molecule has 0 amide bonds. The normalized spacial score (nSPS) is 11.2. The maximum absolute atomic E-state index is 8.55. The van der Waals surface area contributed by atoms with Crippen LogP contribution in [0.25, 0.3) is 0 Å². The third-order valence-electron chi connectivity index (χ3n) is 7.08. The van der Waals surface area contributed by atoms with Crippen LogP contribution in [0.1, 0.15) is 178 Å². The fraction of sp³-hybridized carbons (Fsp3) is 1.00. The summed E-state index contributed by atoms with van der Waals surface area (Å²) in [6, 6.07) is 0. The summed E-state index contributed by atoms with van der Waals surface area (Å²) in [5.41, 5.74) is 0. The van der Waals surface area contributed by atoms with E-state index < -0.39 is 66.5 Å². The van der Waals surface area contributed by atoms with Crippen molar-refractivity contribution in [1.82, 2.24) is 0 Å². The zero-order valence-corrected chi connectivity index (χ0v) is 39.3. The van der Waals surface area contributed by atoms with Gasteiger partial charge in [-0.1, -0.05) is 0 Å². The van der Waals surface area contributed by atoms with E-state index in [1.165, 1.54) is 116 Å². The van der Waals surface area contributed by atoms with Gasteiger partial charge < -0.3 is 19.2 Å². The molecule has 0 aromatic rings. The van der Waals surface area contributed by atoms with E-state index in [4.69, 9.17) is 19.2 Å². The number of hydrogen-bond acceptors (Lipinski definition) is 4. The summed E-state index contributed by atoms with van der Waals surface area (Å²) in [6.45, 7) is 21.0. The first-order chi connectivity index (χ1) is 21.0. The largest absolute Gasteiger partial charge is 0.822 e. The molecule has 0 N–H and O–H groups in total. The van der Waals surface area contributed by atoms with Crippen LogP contribution in [0.4, 0.5) is 0 Å². The molecule has 0 bridgehead atoms. The van der Waals surface area contributed by atoms with Crippen molar-refractivity contribution in [3.63, 3.8) is 0 Å². The first kappa shape index (κ1) is 53.3. The molecule has 8 heteroatoms. The molecule has 0 aliphatic heterocycles. The topological polar surface area (TPSA) is 86.2 Å². The predicted octanol–water partition coefficient (Wildman–Crippen LogP) is 11.8. The summed E-state index contributed by atoms with van der Waals surface area (Å²) in [7, 11) is -5.39. The van der Waals surface area contributed by atoms with Crippen molar-refractivity contribution < 1.29 is 19.2 Å². The molecule has 272 valence electrons. The van der Waals surface area contributed by atoms with Gasteiger partial charge in [-0.2, -0.15) is 7.82 Å². The van der Waals surface area contributed by atoms with Crippen LogP contribution in [-0.2, 0) is 4.57 Å². The van der Waals surface area contributed by atoms with Crippen LogP contribution in [0.2, 0.25) is 40.2 Å². The van der Waals surface area contributed by atoms with Gasteiger partial charge in [-0.3, -0.25) is 0 Å². The molecule has 4 nitrogen and oxygen atoms in total. The van der Waals surface area contributed by atoms with Gasteiger partial charge in [-0.15, -0.1) is 0 Å². The Morgan fingerprint density at radius 3 is 0.477 bits per heavy atom. The molecule has 0 aliphatic rings. The molecule has 0 rings (SSSR count). The maximum Gasteiger partial charge on any atom is -0.159 e. The van der Waals surface area contributed by atoms with E-state index in [1.807, 2.05) is 0 Å². The summed E-state index contributed by atoms with van der Waals surface area (Å²) < 4.78 is 23.4. The van der Waals surface area contributed by atoms with E-state index in [2.05, 4.69) is 62.3 Å². The van der Waals surface area contributed by atoms with Gasteiger partial charge in [0, 0.05) is 0 Å². The van der Waals surface area contributed by atoms with Crippen LogP contribution in [-0.4, -0.2) is 58.7 Å². The van der Waals surface area contributed by atoms with Crippen molar-refractivity contribution in [3.05, 3.63) is 0 Å². The van der Waals surface area contributed by atoms with Gasteiger partial charge in [0.15, 0.2) is 0 Å². The molecular weight excluding hydrogens is 910 g/mol. The van der Waals surface area contributed by atoms with Crippen LogP contribution in [0, 0.1) is 0 Å². The molecular formula is C36H81O4PTe3. The van der Waals surface area contributed by atoms with Crippen molar-refractivity contribution in [2.45, 2.75) is 218 Å². The van der Waals surface area contributed by atoms with Gasteiger partial charge in [0.2, 0.25) is 0 Å². The second-order valence-electron chi connectivity index (χ2n) is 11.8. The van der Waals surface area contributed by atoms with E-state index in [-0.39, 0.29) is 0 Å². The monoisotopic (exact) mass is 998 g/mol. The van der Waals surface area contributed by atoms with E-state index in [0.717, 1.165) is 0 Å². The van der Waals surface area contributed by atoms with Crippen molar-refractivity contribution in [2.75, 3.05) is 0 Å². The number of phosphoric acid groups is 1. The van der Waals surface area contributed by atoms with Crippen molar-refractivity contribution >= 4 is 66.5 Å². The third-order valence-corrected chi connectivity index (χ3v) is 29.3. The van der Waals surface area contributed by atoms with Gasteiger partial charge in [0.05, 0.1) is 0 Å². The molecule has 0 radical (unpaired) electrons. The van der Waals surface area contributed by atoms with Crippen LogP contribution in [0.15, 0.2) is 0 Å². The van der Waals surface area contributed by atoms with E-state index in [9.17, 15) is 0 Å². The zero-order valence-electron chi connectivity index (χ0n) is 31.4. The SMILES string of the molecule is CCCC[Te+](CCCC)CCCC.CCCC[Te+](CCCC)CCCC.CCCC[Te+](CCCC)CCCC.O=P([O-])([O-])[O-]. The maximum atomic E-state index is 8.55. The molecule has 0 unspecified atom stereocenters. The van der Waals surface area contributed by atoms with Crippen molar-refractivity contribution in [1.29, 1.82) is 0 Å². The average Bonchev–Trinajstić information content (AvgIpc) is 2.99. The van der Waals surface area contributed by atoms with E-state index in [0.29, 0.717) is 0 Å². The Bertz CT molecular complexity index is 415. The van der Waals surface area contributed by atoms with Crippen LogP contribution in [0.5, 0.6) is 0 Å². The van der Waals surface area contributed by atoms with Crippen LogP contribution >= 0.6 is 7.82 Å². The minimum absolute atomic E-state index is 0.584. The molecule has 0 aromatic carbocycles. The van der Waals surface area contributed by atoms with Crippen molar-refractivity contribution in [2.24, 2.45) is 0 Å². The molecule has 0 spiro atoms. The average molecular weight is 992 g/mol. The summed E-state index contributed by atoms with van der Waals surface area (Å²) in [4.78, 5) is 25.6. The smallest absolute Gasteiger partial charge is 0.159 e. The summed E-state index contributed by atoms with van der Waals surface area (Å²) in [5.74, 6) is 0. The van der Waals surface area contributed by atoms with Gasteiger partial charge in [0.25, 0.3) is 0 Å². The fourth-order valence-corrected chi connectivity index (χ4v) is 27.2. The fourth-order valence-electron chi connectivity index (χ4n) is 4.05. The Morgan fingerprint density at radius 2 is 0.409 bits per heavy atom.